The lowest BCUT2D eigenvalue weighted by atomic mass is 10.0. The minimum Gasteiger partial charge on any atom is -0.379 e. The van der Waals surface area contributed by atoms with Gasteiger partial charge in [-0.1, -0.05) is 0 Å². The number of carbonyl (C=O) groups is 2. The van der Waals surface area contributed by atoms with Crippen molar-refractivity contribution in [1.29, 1.82) is 0 Å². The second kappa shape index (κ2) is 4.67. The van der Waals surface area contributed by atoms with E-state index in [9.17, 15) is 9.59 Å². The van der Waals surface area contributed by atoms with E-state index in [1.165, 1.54) is 6.20 Å². The molecule has 17 heavy (non-hydrogen) atoms. The van der Waals surface area contributed by atoms with E-state index in [1.54, 1.807) is 18.5 Å². The summed E-state index contributed by atoms with van der Waals surface area (Å²) in [6, 6.07) is 1.20. The van der Waals surface area contributed by atoms with Crippen molar-refractivity contribution in [3.63, 3.8) is 0 Å². The maximum absolute atomic E-state index is 12.0. The van der Waals surface area contributed by atoms with Crippen LogP contribution in [0.1, 0.15) is 16.8 Å². The van der Waals surface area contributed by atoms with Crippen molar-refractivity contribution < 1.29 is 9.59 Å². The van der Waals surface area contributed by atoms with Crippen LogP contribution in [-0.2, 0) is 4.79 Å². The molecule has 2 heterocycles. The largest absolute Gasteiger partial charge is 0.379 e. The normalized spacial score (nSPS) is 18.4. The zero-order valence-electron chi connectivity index (χ0n) is 8.81. The average molecular weight is 296 g/mol. The maximum atomic E-state index is 12.0. The molecule has 0 aromatic carbocycles. The molecule has 1 amide bonds. The summed E-state index contributed by atoms with van der Waals surface area (Å²) in [6.45, 7) is 0. The first kappa shape index (κ1) is 11.8. The van der Waals surface area contributed by atoms with Crippen LogP contribution in [0.25, 0.3) is 0 Å². The van der Waals surface area contributed by atoms with Gasteiger partial charge in [0.1, 0.15) is 6.04 Å². The first-order chi connectivity index (χ1) is 8.08. The molecule has 0 spiro atoms. The third-order valence-corrected chi connectivity index (χ3v) is 2.92. The topological polar surface area (TPSA) is 85.1 Å². The Morgan fingerprint density at radius 3 is 2.82 bits per heavy atom. The summed E-state index contributed by atoms with van der Waals surface area (Å²) in [6.07, 6.45) is 4.95. The monoisotopic (exact) mass is 295 g/mol. The number of pyridine rings is 1. The number of hydrogen-bond donors (Lipinski definition) is 2. The summed E-state index contributed by atoms with van der Waals surface area (Å²) < 4.78 is 0.737. The Balaban J connectivity index is 2.15. The van der Waals surface area contributed by atoms with Crippen molar-refractivity contribution in [2.75, 3.05) is 0 Å². The van der Waals surface area contributed by atoms with E-state index < -0.39 is 11.9 Å². The van der Waals surface area contributed by atoms with Gasteiger partial charge in [-0.25, -0.2) is 0 Å². The van der Waals surface area contributed by atoms with Crippen molar-refractivity contribution >= 4 is 27.6 Å². The highest BCUT2D eigenvalue weighted by atomic mass is 79.9. The fourth-order valence-electron chi connectivity index (χ4n) is 1.60. The Hall–Kier alpha value is -1.69. The van der Waals surface area contributed by atoms with Crippen molar-refractivity contribution in [3.05, 3.63) is 40.3 Å². The van der Waals surface area contributed by atoms with Crippen molar-refractivity contribution in [2.24, 2.45) is 5.73 Å². The van der Waals surface area contributed by atoms with Gasteiger partial charge in [-0.05, 0) is 22.0 Å². The maximum Gasteiger partial charge on any atom is 0.240 e. The Morgan fingerprint density at radius 2 is 2.24 bits per heavy atom. The molecule has 5 nitrogen and oxygen atoms in total. The molecule has 0 saturated carbocycles. The highest BCUT2D eigenvalue weighted by Crippen LogP contribution is 2.19. The molecule has 1 aromatic heterocycles. The molecule has 0 fully saturated rings. The summed E-state index contributed by atoms with van der Waals surface area (Å²) in [5.74, 6) is -0.605. The lowest BCUT2D eigenvalue weighted by molar-refractivity contribution is -0.119. The van der Waals surface area contributed by atoms with E-state index in [1.807, 2.05) is 0 Å². The number of amides is 1. The second-order valence-corrected chi connectivity index (χ2v) is 4.63. The molecule has 0 bridgehead atoms. The first-order valence-electron chi connectivity index (χ1n) is 4.97. The molecule has 88 valence electrons. The van der Waals surface area contributed by atoms with Crippen LogP contribution in [0.4, 0.5) is 0 Å². The molecule has 1 aromatic rings. The molecule has 1 aliphatic rings. The quantitative estimate of drug-likeness (QED) is 0.806. The number of rotatable bonds is 3. The number of primary amides is 1. The zero-order chi connectivity index (χ0) is 12.4. The summed E-state index contributed by atoms with van der Waals surface area (Å²) in [4.78, 5) is 26.9. The number of nitrogens with two attached hydrogens (primary N) is 1. The molecule has 0 saturated heterocycles. The lowest BCUT2D eigenvalue weighted by Gasteiger charge is -2.05. The predicted octanol–water partition coefficient (Wildman–Crippen LogP) is 0.758. The van der Waals surface area contributed by atoms with Gasteiger partial charge in [0.2, 0.25) is 5.91 Å². The minimum atomic E-state index is -0.492. The van der Waals surface area contributed by atoms with Gasteiger partial charge in [0, 0.05) is 40.6 Å². The number of Topliss-reactive ketones (excluding diaryl/α,β-unsaturated/α-hetero) is 1. The third-order valence-electron chi connectivity index (χ3n) is 2.48. The van der Waals surface area contributed by atoms with Crippen LogP contribution in [0.15, 0.2) is 34.7 Å². The summed E-state index contributed by atoms with van der Waals surface area (Å²) in [7, 11) is 0. The SMILES string of the molecule is NC(=O)C1CC(C(=O)c2cncc(Br)c2)=CN1. The van der Waals surface area contributed by atoms with Gasteiger partial charge in [0.25, 0.3) is 0 Å². The smallest absolute Gasteiger partial charge is 0.240 e. The van der Waals surface area contributed by atoms with Crippen LogP contribution in [-0.4, -0.2) is 22.7 Å². The highest BCUT2D eigenvalue weighted by Gasteiger charge is 2.25. The van der Waals surface area contributed by atoms with Crippen LogP contribution in [0.2, 0.25) is 0 Å². The van der Waals surface area contributed by atoms with Crippen molar-refractivity contribution in [3.8, 4) is 0 Å². The van der Waals surface area contributed by atoms with E-state index in [2.05, 4.69) is 26.2 Å². The van der Waals surface area contributed by atoms with E-state index in [-0.39, 0.29) is 5.78 Å². The van der Waals surface area contributed by atoms with Gasteiger partial charge in [-0.2, -0.15) is 0 Å². The van der Waals surface area contributed by atoms with Crippen LogP contribution in [0.3, 0.4) is 0 Å². The van der Waals surface area contributed by atoms with Crippen LogP contribution in [0, 0.1) is 0 Å². The van der Waals surface area contributed by atoms with Gasteiger partial charge in [0.05, 0.1) is 0 Å². The van der Waals surface area contributed by atoms with Gasteiger partial charge in [-0.15, -0.1) is 0 Å². The van der Waals surface area contributed by atoms with E-state index >= 15 is 0 Å². The third kappa shape index (κ3) is 2.52. The molecule has 6 heteroatoms. The van der Waals surface area contributed by atoms with E-state index in [4.69, 9.17) is 5.73 Å². The first-order valence-corrected chi connectivity index (χ1v) is 5.77. The van der Waals surface area contributed by atoms with Crippen molar-refractivity contribution in [1.82, 2.24) is 10.3 Å². The zero-order valence-corrected chi connectivity index (χ0v) is 10.4. The van der Waals surface area contributed by atoms with Crippen LogP contribution >= 0.6 is 15.9 Å². The molecule has 2 rings (SSSR count). The van der Waals surface area contributed by atoms with Gasteiger partial charge in [-0.3, -0.25) is 14.6 Å². The van der Waals surface area contributed by atoms with Gasteiger partial charge < -0.3 is 11.1 Å². The molecule has 3 N–H and O–H groups in total. The lowest BCUT2D eigenvalue weighted by Crippen LogP contribution is -2.35. The Labute approximate surface area is 106 Å². The highest BCUT2D eigenvalue weighted by molar-refractivity contribution is 9.10. The number of nitrogens with one attached hydrogen (secondary N) is 1. The van der Waals surface area contributed by atoms with E-state index in [0.717, 1.165) is 4.47 Å². The molecule has 0 radical (unpaired) electrons. The minimum absolute atomic E-state index is 0.143. The summed E-state index contributed by atoms with van der Waals surface area (Å²) in [5.41, 5.74) is 6.18. The Bertz CT molecular complexity index is 513. The predicted molar refractivity (Wildman–Crippen MR) is 65.1 cm³/mol. The fraction of sp³-hybridized carbons (Fsp3) is 0.182. The number of nitrogens with zero attached hydrogens (tertiary/aromatic N) is 1. The summed E-state index contributed by atoms with van der Waals surface area (Å²) in [5, 5.41) is 2.78. The van der Waals surface area contributed by atoms with E-state index in [0.29, 0.717) is 17.6 Å². The second-order valence-electron chi connectivity index (χ2n) is 3.72. The fourth-order valence-corrected chi connectivity index (χ4v) is 1.97. The number of aromatic nitrogens is 1. The molecule has 1 atom stereocenters. The number of halogens is 1. The number of carbonyl (C=O) groups excluding carboxylic acids is 2. The Kier molecular flexibility index (Phi) is 3.23. The molecule has 1 unspecified atom stereocenters. The molecular formula is C11H10BrN3O2. The van der Waals surface area contributed by atoms with Gasteiger partial charge in [0.15, 0.2) is 5.78 Å². The Morgan fingerprint density at radius 1 is 1.47 bits per heavy atom. The number of ketones is 1. The molecular weight excluding hydrogens is 286 g/mol. The average Bonchev–Trinajstić information content (AvgIpc) is 2.77. The van der Waals surface area contributed by atoms with Crippen LogP contribution < -0.4 is 11.1 Å². The van der Waals surface area contributed by atoms with Gasteiger partial charge >= 0.3 is 0 Å². The summed E-state index contributed by atoms with van der Waals surface area (Å²) >= 11 is 3.25. The van der Waals surface area contributed by atoms with Crippen molar-refractivity contribution in [2.45, 2.75) is 12.5 Å². The molecule has 0 aliphatic carbocycles. The standard InChI is InChI=1S/C11H10BrN3O2/c12-8-1-6(3-14-5-8)10(16)7-2-9(11(13)17)15-4-7/h1,3-5,9,15H,2H2,(H2,13,17). The van der Waals surface area contributed by atoms with Crippen LogP contribution in [0.5, 0.6) is 0 Å². The molecule has 1 aliphatic heterocycles. The number of hydrogen-bond acceptors (Lipinski definition) is 4.